The van der Waals surface area contributed by atoms with Gasteiger partial charge in [0.15, 0.2) is 0 Å². The van der Waals surface area contributed by atoms with E-state index in [2.05, 4.69) is 0 Å². The average molecular weight is 341 g/mol. The average Bonchev–Trinajstić information content (AvgIpc) is 3.11. The molecule has 3 atom stereocenters. The monoisotopic (exact) mass is 341 g/mol. The summed E-state index contributed by atoms with van der Waals surface area (Å²) in [5, 5.41) is 10.2. The minimum Gasteiger partial charge on any atom is -0.388 e. The Labute approximate surface area is 139 Å². The smallest absolute Gasteiger partial charge is 0.388 e. The van der Waals surface area contributed by atoms with Crippen molar-refractivity contribution >= 4 is 5.91 Å². The van der Waals surface area contributed by atoms with Gasteiger partial charge in [-0.15, -0.1) is 0 Å². The summed E-state index contributed by atoms with van der Waals surface area (Å²) >= 11 is 0. The molecule has 3 unspecified atom stereocenters. The van der Waals surface area contributed by atoms with E-state index < -0.39 is 17.3 Å². The van der Waals surface area contributed by atoms with Crippen LogP contribution >= 0.6 is 0 Å². The molecule has 1 aliphatic carbocycles. The maximum absolute atomic E-state index is 12.7. The topological polar surface area (TPSA) is 40.5 Å². The van der Waals surface area contributed by atoms with E-state index in [1.165, 1.54) is 12.1 Å². The van der Waals surface area contributed by atoms with Crippen molar-refractivity contribution in [1.82, 2.24) is 4.90 Å². The number of carbonyl (C=O) groups is 1. The van der Waals surface area contributed by atoms with E-state index in [0.29, 0.717) is 13.0 Å². The fourth-order valence-corrected chi connectivity index (χ4v) is 3.73. The Bertz CT molecular complexity index is 619. The van der Waals surface area contributed by atoms with Gasteiger partial charge in [0.05, 0.1) is 17.2 Å². The van der Waals surface area contributed by atoms with Gasteiger partial charge in [0.2, 0.25) is 5.91 Å². The Morgan fingerprint density at radius 1 is 1.21 bits per heavy atom. The van der Waals surface area contributed by atoms with Gasteiger partial charge in [-0.3, -0.25) is 4.79 Å². The zero-order chi connectivity index (χ0) is 17.7. The van der Waals surface area contributed by atoms with Crippen LogP contribution in [0.15, 0.2) is 24.3 Å². The second-order valence-electron chi connectivity index (χ2n) is 7.41. The minimum absolute atomic E-state index is 0.0113. The van der Waals surface area contributed by atoms with Crippen LogP contribution < -0.4 is 0 Å². The summed E-state index contributed by atoms with van der Waals surface area (Å²) in [7, 11) is 0. The number of aliphatic hydroxyl groups is 1. The molecule has 0 bridgehead atoms. The van der Waals surface area contributed by atoms with Gasteiger partial charge in [-0.05, 0) is 56.7 Å². The highest BCUT2D eigenvalue weighted by Crippen LogP contribution is 2.49. The summed E-state index contributed by atoms with van der Waals surface area (Å²) < 4.78 is 37.8. The third kappa shape index (κ3) is 3.29. The van der Waals surface area contributed by atoms with Crippen LogP contribution in [0.1, 0.15) is 50.2 Å². The Hall–Kier alpha value is -1.56. The largest absolute Gasteiger partial charge is 0.416 e. The maximum Gasteiger partial charge on any atom is 0.416 e. The molecule has 2 aliphatic rings. The van der Waals surface area contributed by atoms with E-state index in [9.17, 15) is 23.1 Å². The number of nitrogens with zero attached hydrogens (tertiary/aromatic N) is 1. The lowest BCUT2D eigenvalue weighted by Gasteiger charge is -2.34. The molecule has 132 valence electrons. The number of hydrogen-bond donors (Lipinski definition) is 1. The number of likely N-dealkylation sites (tertiary alicyclic amines) is 1. The molecule has 1 amide bonds. The minimum atomic E-state index is -4.34. The van der Waals surface area contributed by atoms with E-state index >= 15 is 0 Å². The Morgan fingerprint density at radius 3 is 2.38 bits per heavy atom. The Balaban J connectivity index is 1.68. The van der Waals surface area contributed by atoms with Crippen LogP contribution in [0.4, 0.5) is 13.2 Å². The first-order chi connectivity index (χ1) is 11.1. The summed E-state index contributed by atoms with van der Waals surface area (Å²) in [6.07, 6.45) is -2.02. The molecule has 2 fully saturated rings. The number of alkyl halides is 3. The first kappa shape index (κ1) is 17.3. The van der Waals surface area contributed by atoms with Gasteiger partial charge >= 0.3 is 6.18 Å². The molecular weight excluding hydrogens is 319 g/mol. The Morgan fingerprint density at radius 2 is 1.83 bits per heavy atom. The molecule has 0 aromatic heterocycles. The van der Waals surface area contributed by atoms with Crippen molar-refractivity contribution in [2.24, 2.45) is 5.92 Å². The van der Waals surface area contributed by atoms with Gasteiger partial charge in [0.1, 0.15) is 0 Å². The van der Waals surface area contributed by atoms with Crippen LogP contribution in [-0.4, -0.2) is 34.1 Å². The second-order valence-corrected chi connectivity index (χ2v) is 7.41. The Kier molecular flexibility index (Phi) is 4.14. The highest BCUT2D eigenvalue weighted by molar-refractivity contribution is 5.83. The lowest BCUT2D eigenvalue weighted by molar-refractivity contribution is -0.138. The van der Waals surface area contributed by atoms with E-state index in [1.807, 2.05) is 0 Å². The zero-order valence-electron chi connectivity index (χ0n) is 13.8. The van der Waals surface area contributed by atoms with Crippen LogP contribution in [0.2, 0.25) is 0 Å². The predicted molar refractivity (Wildman–Crippen MR) is 83.3 cm³/mol. The van der Waals surface area contributed by atoms with E-state index in [4.69, 9.17) is 0 Å². The SMILES string of the molecule is CC(C)(O)C1CCCN1C(=O)C1CC1c1ccc(C(F)(F)F)cc1. The van der Waals surface area contributed by atoms with Gasteiger partial charge in [-0.25, -0.2) is 0 Å². The van der Waals surface area contributed by atoms with Crippen LogP contribution in [0.25, 0.3) is 0 Å². The molecule has 1 saturated heterocycles. The van der Waals surface area contributed by atoms with Crippen molar-refractivity contribution < 1.29 is 23.1 Å². The fourth-order valence-electron chi connectivity index (χ4n) is 3.73. The number of hydrogen-bond acceptors (Lipinski definition) is 2. The van der Waals surface area contributed by atoms with Crippen LogP contribution in [-0.2, 0) is 11.0 Å². The standard InChI is InChI=1S/C18H22F3NO2/c1-17(2,24)15-4-3-9-22(15)16(23)14-10-13(14)11-5-7-12(8-6-11)18(19,20)21/h5-8,13-15,24H,3-4,9-10H2,1-2H3. The number of amides is 1. The molecule has 3 nitrogen and oxygen atoms in total. The summed E-state index contributed by atoms with van der Waals surface area (Å²) in [5.41, 5.74) is -0.831. The van der Waals surface area contributed by atoms with Crippen molar-refractivity contribution in [2.45, 2.75) is 56.8 Å². The fraction of sp³-hybridized carbons (Fsp3) is 0.611. The molecule has 1 aromatic rings. The van der Waals surface area contributed by atoms with Crippen molar-refractivity contribution in [3.63, 3.8) is 0 Å². The molecule has 1 heterocycles. The van der Waals surface area contributed by atoms with Crippen LogP contribution in [0.5, 0.6) is 0 Å². The third-order valence-electron chi connectivity index (χ3n) is 5.13. The quantitative estimate of drug-likeness (QED) is 0.913. The molecule has 1 aliphatic heterocycles. The summed E-state index contributed by atoms with van der Waals surface area (Å²) in [5.74, 6) is -0.169. The molecule has 1 aromatic carbocycles. The van der Waals surface area contributed by atoms with Gasteiger partial charge in [0, 0.05) is 12.5 Å². The molecule has 1 N–H and O–H groups in total. The van der Waals surface area contributed by atoms with Crippen molar-refractivity contribution in [1.29, 1.82) is 0 Å². The third-order valence-corrected chi connectivity index (χ3v) is 5.13. The van der Waals surface area contributed by atoms with Crippen molar-refractivity contribution in [3.8, 4) is 0 Å². The van der Waals surface area contributed by atoms with E-state index in [0.717, 1.165) is 30.5 Å². The molecule has 1 saturated carbocycles. The normalized spacial score (nSPS) is 27.4. The van der Waals surface area contributed by atoms with E-state index in [1.54, 1.807) is 18.7 Å². The van der Waals surface area contributed by atoms with Gasteiger partial charge in [0.25, 0.3) is 0 Å². The van der Waals surface area contributed by atoms with Gasteiger partial charge in [-0.1, -0.05) is 12.1 Å². The zero-order valence-corrected chi connectivity index (χ0v) is 13.8. The number of carbonyl (C=O) groups excluding carboxylic acids is 1. The predicted octanol–water partition coefficient (Wildman–Crippen LogP) is 3.57. The first-order valence-electron chi connectivity index (χ1n) is 8.29. The lowest BCUT2D eigenvalue weighted by Crippen LogP contribution is -2.48. The highest BCUT2D eigenvalue weighted by Gasteiger charge is 2.49. The molecule has 24 heavy (non-hydrogen) atoms. The lowest BCUT2D eigenvalue weighted by atomic mass is 9.96. The summed E-state index contributed by atoms with van der Waals surface area (Å²) in [4.78, 5) is 14.5. The van der Waals surface area contributed by atoms with Gasteiger partial charge < -0.3 is 10.0 Å². The highest BCUT2D eigenvalue weighted by atomic mass is 19.4. The molecule has 3 rings (SSSR count). The number of rotatable bonds is 3. The van der Waals surface area contributed by atoms with Crippen molar-refractivity contribution in [2.75, 3.05) is 6.54 Å². The summed E-state index contributed by atoms with van der Waals surface area (Å²) in [6, 6.07) is 4.91. The molecule has 6 heteroatoms. The molecule has 0 radical (unpaired) electrons. The summed E-state index contributed by atoms with van der Waals surface area (Å²) in [6.45, 7) is 4.07. The van der Waals surface area contributed by atoms with E-state index in [-0.39, 0.29) is 23.8 Å². The van der Waals surface area contributed by atoms with Gasteiger partial charge in [-0.2, -0.15) is 13.2 Å². The number of benzene rings is 1. The second kappa shape index (κ2) is 5.76. The van der Waals surface area contributed by atoms with Crippen molar-refractivity contribution in [3.05, 3.63) is 35.4 Å². The molecule has 0 spiro atoms. The first-order valence-corrected chi connectivity index (χ1v) is 8.29. The number of halogens is 3. The maximum atomic E-state index is 12.7. The van der Waals surface area contributed by atoms with Crippen LogP contribution in [0.3, 0.4) is 0 Å². The van der Waals surface area contributed by atoms with Crippen LogP contribution in [0, 0.1) is 5.92 Å². The molecular formula is C18H22F3NO2.